The second kappa shape index (κ2) is 4.65. The maximum Gasteiger partial charge on any atom is 0.161 e. The standard InChI is InChI=1S/C11H13N5O/c1-7(17)9-3-2-8(4-10(9)12)13-5-11-14-6-15-16-11/h2-4,6,13H,5,12H2,1H3,(H,14,15,16). The number of benzene rings is 1. The third-order valence-electron chi connectivity index (χ3n) is 2.36. The average molecular weight is 231 g/mol. The van der Waals surface area contributed by atoms with E-state index in [1.165, 1.54) is 13.3 Å². The topological polar surface area (TPSA) is 96.7 Å². The zero-order chi connectivity index (χ0) is 12.3. The maximum absolute atomic E-state index is 11.2. The number of aromatic nitrogens is 3. The van der Waals surface area contributed by atoms with Crippen LogP contribution in [0, 0.1) is 0 Å². The van der Waals surface area contributed by atoms with Crippen molar-refractivity contribution in [1.82, 2.24) is 15.2 Å². The van der Waals surface area contributed by atoms with E-state index in [1.807, 2.05) is 6.07 Å². The van der Waals surface area contributed by atoms with Crippen molar-refractivity contribution in [2.24, 2.45) is 0 Å². The van der Waals surface area contributed by atoms with Crippen LogP contribution in [0.2, 0.25) is 0 Å². The largest absolute Gasteiger partial charge is 0.398 e. The van der Waals surface area contributed by atoms with Crippen LogP contribution in [0.15, 0.2) is 24.5 Å². The van der Waals surface area contributed by atoms with Gasteiger partial charge in [0.15, 0.2) is 5.78 Å². The van der Waals surface area contributed by atoms with E-state index >= 15 is 0 Å². The molecule has 88 valence electrons. The summed E-state index contributed by atoms with van der Waals surface area (Å²) >= 11 is 0. The van der Waals surface area contributed by atoms with Crippen molar-refractivity contribution in [3.63, 3.8) is 0 Å². The molecule has 0 aliphatic heterocycles. The van der Waals surface area contributed by atoms with Gasteiger partial charge in [0.05, 0.1) is 6.54 Å². The van der Waals surface area contributed by atoms with Crippen LogP contribution < -0.4 is 11.1 Å². The zero-order valence-electron chi connectivity index (χ0n) is 9.40. The molecule has 2 aromatic rings. The van der Waals surface area contributed by atoms with E-state index in [-0.39, 0.29) is 5.78 Å². The molecule has 0 bridgehead atoms. The molecule has 0 aliphatic carbocycles. The number of rotatable bonds is 4. The van der Waals surface area contributed by atoms with Crippen molar-refractivity contribution in [1.29, 1.82) is 0 Å². The Labute approximate surface area is 98.3 Å². The van der Waals surface area contributed by atoms with Crippen molar-refractivity contribution in [2.75, 3.05) is 11.1 Å². The number of ketones is 1. The summed E-state index contributed by atoms with van der Waals surface area (Å²) in [5.41, 5.74) is 7.62. The Morgan fingerprint density at radius 2 is 2.35 bits per heavy atom. The summed E-state index contributed by atoms with van der Waals surface area (Å²) in [6, 6.07) is 5.25. The second-order valence-electron chi connectivity index (χ2n) is 3.64. The first kappa shape index (κ1) is 11.1. The van der Waals surface area contributed by atoms with Gasteiger partial charge in [0.2, 0.25) is 0 Å². The van der Waals surface area contributed by atoms with E-state index in [4.69, 9.17) is 5.73 Å². The van der Waals surface area contributed by atoms with Crippen LogP contribution in [0.25, 0.3) is 0 Å². The Bertz CT molecular complexity index is 521. The Hall–Kier alpha value is -2.37. The predicted molar refractivity (Wildman–Crippen MR) is 64.6 cm³/mol. The van der Waals surface area contributed by atoms with Crippen LogP contribution in [0.5, 0.6) is 0 Å². The minimum atomic E-state index is -0.0377. The van der Waals surface area contributed by atoms with Crippen molar-refractivity contribution in [2.45, 2.75) is 13.5 Å². The molecule has 1 aromatic heterocycles. The van der Waals surface area contributed by atoms with Gasteiger partial charge in [-0.05, 0) is 25.1 Å². The van der Waals surface area contributed by atoms with Gasteiger partial charge in [0.25, 0.3) is 0 Å². The van der Waals surface area contributed by atoms with Gasteiger partial charge in [-0.25, -0.2) is 4.98 Å². The number of Topliss-reactive ketones (excluding diaryl/α,β-unsaturated/α-hetero) is 1. The molecule has 1 heterocycles. The fourth-order valence-electron chi connectivity index (χ4n) is 1.50. The first-order valence-corrected chi connectivity index (χ1v) is 5.15. The van der Waals surface area contributed by atoms with Crippen LogP contribution >= 0.6 is 0 Å². The fraction of sp³-hybridized carbons (Fsp3) is 0.182. The molecule has 6 heteroatoms. The van der Waals surface area contributed by atoms with Crippen LogP contribution in [-0.4, -0.2) is 21.0 Å². The third kappa shape index (κ3) is 2.60. The highest BCUT2D eigenvalue weighted by Crippen LogP contribution is 2.18. The van der Waals surface area contributed by atoms with E-state index in [1.54, 1.807) is 12.1 Å². The first-order valence-electron chi connectivity index (χ1n) is 5.15. The minimum absolute atomic E-state index is 0.0377. The molecule has 0 spiro atoms. The number of hydrogen-bond donors (Lipinski definition) is 3. The van der Waals surface area contributed by atoms with E-state index in [0.29, 0.717) is 17.8 Å². The van der Waals surface area contributed by atoms with Crippen molar-refractivity contribution < 1.29 is 4.79 Å². The van der Waals surface area contributed by atoms with E-state index in [9.17, 15) is 4.79 Å². The summed E-state index contributed by atoms with van der Waals surface area (Å²) in [5.74, 6) is 0.698. The first-order chi connectivity index (χ1) is 8.16. The normalized spacial score (nSPS) is 10.2. The monoisotopic (exact) mass is 231 g/mol. The molecule has 0 fully saturated rings. The summed E-state index contributed by atoms with van der Waals surface area (Å²) in [6.07, 6.45) is 1.45. The van der Waals surface area contributed by atoms with Crippen LogP contribution in [0.3, 0.4) is 0 Å². The predicted octanol–water partition coefficient (Wildman–Crippen LogP) is 1.20. The van der Waals surface area contributed by atoms with Gasteiger partial charge in [-0.3, -0.25) is 9.89 Å². The molecule has 6 nitrogen and oxygen atoms in total. The highest BCUT2D eigenvalue weighted by molar-refractivity contribution is 5.99. The Morgan fingerprint density at radius 3 is 2.94 bits per heavy atom. The van der Waals surface area contributed by atoms with Gasteiger partial charge >= 0.3 is 0 Å². The summed E-state index contributed by atoms with van der Waals surface area (Å²) in [5, 5.41) is 9.62. The van der Waals surface area contributed by atoms with Gasteiger partial charge in [-0.15, -0.1) is 0 Å². The molecule has 2 rings (SSSR count). The number of carbonyl (C=O) groups is 1. The quantitative estimate of drug-likeness (QED) is 0.542. The summed E-state index contributed by atoms with van der Waals surface area (Å²) < 4.78 is 0. The Balaban J connectivity index is 2.07. The zero-order valence-corrected chi connectivity index (χ0v) is 9.40. The SMILES string of the molecule is CC(=O)c1ccc(NCc2ncn[nH]2)cc1N. The number of hydrogen-bond acceptors (Lipinski definition) is 5. The van der Waals surface area contributed by atoms with E-state index in [2.05, 4.69) is 20.5 Å². The molecule has 0 unspecified atom stereocenters. The van der Waals surface area contributed by atoms with Crippen molar-refractivity contribution >= 4 is 17.2 Å². The number of nitrogens with zero attached hydrogens (tertiary/aromatic N) is 2. The molecule has 1 aromatic carbocycles. The molecule has 0 atom stereocenters. The van der Waals surface area contributed by atoms with Crippen LogP contribution in [-0.2, 0) is 6.54 Å². The molecular weight excluding hydrogens is 218 g/mol. The average Bonchev–Trinajstić information content (AvgIpc) is 2.78. The number of carbonyl (C=O) groups excluding carboxylic acids is 1. The molecule has 17 heavy (non-hydrogen) atoms. The van der Waals surface area contributed by atoms with E-state index < -0.39 is 0 Å². The van der Waals surface area contributed by atoms with Gasteiger partial charge in [0.1, 0.15) is 12.2 Å². The fourth-order valence-corrected chi connectivity index (χ4v) is 1.50. The maximum atomic E-state index is 11.2. The van der Waals surface area contributed by atoms with Crippen LogP contribution in [0.4, 0.5) is 11.4 Å². The third-order valence-corrected chi connectivity index (χ3v) is 2.36. The molecule has 0 aliphatic rings. The lowest BCUT2D eigenvalue weighted by Gasteiger charge is -2.07. The highest BCUT2D eigenvalue weighted by Gasteiger charge is 2.05. The lowest BCUT2D eigenvalue weighted by Crippen LogP contribution is -2.04. The molecule has 0 saturated carbocycles. The Morgan fingerprint density at radius 1 is 1.53 bits per heavy atom. The van der Waals surface area contributed by atoms with Gasteiger partial charge < -0.3 is 11.1 Å². The van der Waals surface area contributed by atoms with Gasteiger partial charge in [-0.1, -0.05) is 0 Å². The smallest absolute Gasteiger partial charge is 0.161 e. The van der Waals surface area contributed by atoms with Crippen molar-refractivity contribution in [3.8, 4) is 0 Å². The van der Waals surface area contributed by atoms with Gasteiger partial charge in [0, 0.05) is 16.9 Å². The molecular formula is C11H13N5O. The number of aromatic amines is 1. The summed E-state index contributed by atoms with van der Waals surface area (Å²) in [6.45, 7) is 2.02. The number of nitrogens with two attached hydrogens (primary N) is 1. The molecule has 0 saturated heterocycles. The minimum Gasteiger partial charge on any atom is -0.398 e. The lowest BCUT2D eigenvalue weighted by atomic mass is 10.1. The van der Waals surface area contributed by atoms with Crippen molar-refractivity contribution in [3.05, 3.63) is 35.9 Å². The molecule has 0 amide bonds. The number of anilines is 2. The number of H-pyrrole nitrogens is 1. The molecule has 0 radical (unpaired) electrons. The summed E-state index contributed by atoms with van der Waals surface area (Å²) in [7, 11) is 0. The number of nitrogen functional groups attached to an aromatic ring is 1. The lowest BCUT2D eigenvalue weighted by molar-refractivity contribution is 0.101. The highest BCUT2D eigenvalue weighted by atomic mass is 16.1. The summed E-state index contributed by atoms with van der Waals surface area (Å²) in [4.78, 5) is 15.2. The second-order valence-corrected chi connectivity index (χ2v) is 3.64. The number of nitrogens with one attached hydrogen (secondary N) is 2. The van der Waals surface area contributed by atoms with E-state index in [0.717, 1.165) is 11.5 Å². The Kier molecular flexibility index (Phi) is 3.04. The van der Waals surface area contributed by atoms with Crippen LogP contribution in [0.1, 0.15) is 23.1 Å². The van der Waals surface area contributed by atoms with Gasteiger partial charge in [-0.2, -0.15) is 5.10 Å². The molecule has 4 N–H and O–H groups in total.